The number of aromatic carboxylic acids is 1. The zero-order valence-electron chi connectivity index (χ0n) is 11.2. The first-order valence-electron chi connectivity index (χ1n) is 6.28. The number of hydrogen-bond donors (Lipinski definition) is 1. The molecule has 2 aromatic rings. The molecule has 0 bridgehead atoms. The van der Waals surface area contributed by atoms with E-state index in [2.05, 4.69) is 0 Å². The molecule has 4 heteroatoms. The van der Waals surface area contributed by atoms with E-state index in [1.165, 1.54) is 17.7 Å². The van der Waals surface area contributed by atoms with Crippen LogP contribution in [-0.4, -0.2) is 24.8 Å². The Kier molecular flexibility index (Phi) is 4.74. The van der Waals surface area contributed by atoms with Gasteiger partial charge in [0.15, 0.2) is 0 Å². The fourth-order valence-corrected chi connectivity index (χ4v) is 1.75. The van der Waals surface area contributed by atoms with E-state index in [1.54, 1.807) is 19.2 Å². The molecule has 2 aromatic carbocycles. The van der Waals surface area contributed by atoms with Crippen molar-refractivity contribution >= 4 is 5.97 Å². The molecule has 0 aliphatic rings. The molecule has 0 heterocycles. The monoisotopic (exact) mass is 272 g/mol. The second kappa shape index (κ2) is 6.73. The summed E-state index contributed by atoms with van der Waals surface area (Å²) in [5.41, 5.74) is 1.42. The van der Waals surface area contributed by atoms with E-state index in [1.807, 2.05) is 24.3 Å². The number of benzene rings is 2. The van der Waals surface area contributed by atoms with Gasteiger partial charge in [0.2, 0.25) is 0 Å². The van der Waals surface area contributed by atoms with Crippen molar-refractivity contribution in [1.82, 2.24) is 0 Å². The third-order valence-corrected chi connectivity index (χ3v) is 2.86. The van der Waals surface area contributed by atoms with Gasteiger partial charge in [-0.2, -0.15) is 0 Å². The van der Waals surface area contributed by atoms with Crippen molar-refractivity contribution in [3.63, 3.8) is 0 Å². The molecule has 0 unspecified atom stereocenters. The van der Waals surface area contributed by atoms with Gasteiger partial charge in [0, 0.05) is 7.11 Å². The van der Waals surface area contributed by atoms with Crippen molar-refractivity contribution in [1.29, 1.82) is 0 Å². The van der Waals surface area contributed by atoms with Gasteiger partial charge >= 0.3 is 5.97 Å². The molecule has 0 saturated heterocycles. The predicted octanol–water partition coefficient (Wildman–Crippen LogP) is 3.37. The van der Waals surface area contributed by atoms with Gasteiger partial charge in [0.25, 0.3) is 0 Å². The number of ether oxygens (including phenoxy) is 2. The molecule has 0 aliphatic carbocycles. The van der Waals surface area contributed by atoms with Crippen LogP contribution in [0.15, 0.2) is 48.5 Å². The largest absolute Gasteiger partial charge is 0.478 e. The summed E-state index contributed by atoms with van der Waals surface area (Å²) in [6.07, 6.45) is 0.865. The van der Waals surface area contributed by atoms with Crippen LogP contribution in [0.25, 0.3) is 0 Å². The number of rotatable bonds is 6. The molecule has 0 saturated carbocycles. The van der Waals surface area contributed by atoms with Crippen molar-refractivity contribution < 1.29 is 19.4 Å². The maximum atomic E-state index is 10.7. The van der Waals surface area contributed by atoms with E-state index in [-0.39, 0.29) is 5.56 Å². The van der Waals surface area contributed by atoms with Crippen LogP contribution in [-0.2, 0) is 11.2 Å². The quantitative estimate of drug-likeness (QED) is 0.876. The molecule has 0 amide bonds. The number of methoxy groups -OCH3 is 1. The maximum Gasteiger partial charge on any atom is 0.335 e. The van der Waals surface area contributed by atoms with Crippen LogP contribution in [0.2, 0.25) is 0 Å². The highest BCUT2D eigenvalue weighted by molar-refractivity contribution is 5.87. The van der Waals surface area contributed by atoms with Crippen LogP contribution in [0, 0.1) is 0 Å². The molecule has 4 nitrogen and oxygen atoms in total. The highest BCUT2D eigenvalue weighted by Gasteiger charge is 2.03. The third-order valence-electron chi connectivity index (χ3n) is 2.86. The topological polar surface area (TPSA) is 55.8 Å². The lowest BCUT2D eigenvalue weighted by Crippen LogP contribution is -1.95. The normalized spacial score (nSPS) is 10.2. The van der Waals surface area contributed by atoms with Crippen LogP contribution < -0.4 is 4.74 Å². The van der Waals surface area contributed by atoms with Crippen molar-refractivity contribution in [2.45, 2.75) is 6.42 Å². The lowest BCUT2D eigenvalue weighted by molar-refractivity contribution is 0.0697. The molecule has 2 rings (SSSR count). The molecule has 0 aromatic heterocycles. The van der Waals surface area contributed by atoms with Crippen molar-refractivity contribution in [2.75, 3.05) is 13.7 Å². The Hall–Kier alpha value is -2.33. The summed E-state index contributed by atoms with van der Waals surface area (Å²) >= 11 is 0. The molecule has 0 spiro atoms. The number of carbonyl (C=O) groups is 1. The van der Waals surface area contributed by atoms with Gasteiger partial charge < -0.3 is 14.6 Å². The summed E-state index contributed by atoms with van der Waals surface area (Å²) in [6, 6.07) is 14.1. The lowest BCUT2D eigenvalue weighted by atomic mass is 10.1. The Morgan fingerprint density at radius 2 is 1.55 bits per heavy atom. The summed E-state index contributed by atoms with van der Waals surface area (Å²) in [4.78, 5) is 10.7. The van der Waals surface area contributed by atoms with Crippen LogP contribution in [0.3, 0.4) is 0 Å². The zero-order chi connectivity index (χ0) is 14.4. The average molecular weight is 272 g/mol. The van der Waals surface area contributed by atoms with Crippen LogP contribution in [0.5, 0.6) is 11.5 Å². The second-order valence-corrected chi connectivity index (χ2v) is 4.32. The molecular formula is C16H16O4. The number of carboxylic acids is 1. The minimum atomic E-state index is -0.945. The smallest absolute Gasteiger partial charge is 0.335 e. The average Bonchev–Trinajstić information content (AvgIpc) is 2.47. The maximum absolute atomic E-state index is 10.7. The summed E-state index contributed by atoms with van der Waals surface area (Å²) in [5, 5.41) is 8.82. The highest BCUT2D eigenvalue weighted by Crippen LogP contribution is 2.22. The van der Waals surface area contributed by atoms with E-state index < -0.39 is 5.97 Å². The number of hydrogen-bond acceptors (Lipinski definition) is 3. The van der Waals surface area contributed by atoms with Crippen molar-refractivity contribution in [2.24, 2.45) is 0 Å². The second-order valence-electron chi connectivity index (χ2n) is 4.32. The van der Waals surface area contributed by atoms with Crippen LogP contribution >= 0.6 is 0 Å². The van der Waals surface area contributed by atoms with E-state index in [9.17, 15) is 4.79 Å². The van der Waals surface area contributed by atoms with Gasteiger partial charge in [-0.3, -0.25) is 0 Å². The Morgan fingerprint density at radius 3 is 2.05 bits per heavy atom. The van der Waals surface area contributed by atoms with Gasteiger partial charge in [-0.05, 0) is 48.4 Å². The zero-order valence-corrected chi connectivity index (χ0v) is 11.2. The highest BCUT2D eigenvalue weighted by atomic mass is 16.5. The van der Waals surface area contributed by atoms with Gasteiger partial charge in [-0.1, -0.05) is 12.1 Å². The predicted molar refractivity (Wildman–Crippen MR) is 75.5 cm³/mol. The standard InChI is InChI=1S/C16H16O4/c1-19-11-10-12-2-6-14(7-3-12)20-15-8-4-13(5-9-15)16(17)18/h2-9H,10-11H2,1H3,(H,17,18). The van der Waals surface area contributed by atoms with Crippen LogP contribution in [0.4, 0.5) is 0 Å². The van der Waals surface area contributed by atoms with E-state index in [0.717, 1.165) is 6.42 Å². The van der Waals surface area contributed by atoms with Gasteiger partial charge in [0.1, 0.15) is 11.5 Å². The Balaban J connectivity index is 2.00. The Bertz CT molecular complexity index is 558. The van der Waals surface area contributed by atoms with Gasteiger partial charge in [-0.15, -0.1) is 0 Å². The molecule has 20 heavy (non-hydrogen) atoms. The summed E-state index contributed by atoms with van der Waals surface area (Å²) in [6.45, 7) is 0.691. The van der Waals surface area contributed by atoms with E-state index in [0.29, 0.717) is 18.1 Å². The molecular weight excluding hydrogens is 256 g/mol. The van der Waals surface area contributed by atoms with E-state index in [4.69, 9.17) is 14.6 Å². The summed E-state index contributed by atoms with van der Waals surface area (Å²) in [7, 11) is 1.68. The van der Waals surface area contributed by atoms with Crippen molar-refractivity contribution in [3.05, 3.63) is 59.7 Å². The minimum absolute atomic E-state index is 0.243. The minimum Gasteiger partial charge on any atom is -0.478 e. The molecule has 0 atom stereocenters. The van der Waals surface area contributed by atoms with Gasteiger partial charge in [0.05, 0.1) is 12.2 Å². The summed E-state index contributed by atoms with van der Waals surface area (Å²) < 4.78 is 10.7. The Labute approximate surface area is 117 Å². The molecule has 0 aliphatic heterocycles. The van der Waals surface area contributed by atoms with Crippen LogP contribution in [0.1, 0.15) is 15.9 Å². The first-order chi connectivity index (χ1) is 9.69. The number of carboxylic acid groups (broad SMARTS) is 1. The SMILES string of the molecule is COCCc1ccc(Oc2ccc(C(=O)O)cc2)cc1. The first-order valence-corrected chi connectivity index (χ1v) is 6.28. The third kappa shape index (κ3) is 3.83. The lowest BCUT2D eigenvalue weighted by Gasteiger charge is -2.07. The van der Waals surface area contributed by atoms with Crippen molar-refractivity contribution in [3.8, 4) is 11.5 Å². The summed E-state index contributed by atoms with van der Waals surface area (Å²) in [5.74, 6) is 0.382. The molecule has 0 fully saturated rings. The van der Waals surface area contributed by atoms with Gasteiger partial charge in [-0.25, -0.2) is 4.79 Å². The van der Waals surface area contributed by atoms with E-state index >= 15 is 0 Å². The first kappa shape index (κ1) is 14.1. The fraction of sp³-hybridized carbons (Fsp3) is 0.188. The fourth-order valence-electron chi connectivity index (χ4n) is 1.75. The molecule has 0 radical (unpaired) electrons. The molecule has 1 N–H and O–H groups in total. The Morgan fingerprint density at radius 1 is 1.00 bits per heavy atom. The molecule has 104 valence electrons.